The highest BCUT2D eigenvalue weighted by atomic mass is 35.5. The molecule has 0 N–H and O–H groups in total. The van der Waals surface area contributed by atoms with Crippen LogP contribution in [-0.2, 0) is 15.9 Å². The van der Waals surface area contributed by atoms with Gasteiger partial charge in [-0.1, -0.05) is 48.0 Å². The fraction of sp³-hybridized carbons (Fsp3) is 0.368. The highest BCUT2D eigenvalue weighted by molar-refractivity contribution is 6.65. The second-order valence-corrected chi connectivity index (χ2v) is 7.23. The first kappa shape index (κ1) is 17.3. The van der Waals surface area contributed by atoms with E-state index in [0.29, 0.717) is 11.6 Å². The molecule has 0 radical (unpaired) electrons. The molecule has 1 aliphatic rings. The van der Waals surface area contributed by atoms with Crippen molar-refractivity contribution in [1.82, 2.24) is 0 Å². The second-order valence-electron chi connectivity index (χ2n) is 6.82. The highest BCUT2D eigenvalue weighted by Crippen LogP contribution is 2.27. The molecule has 1 unspecified atom stereocenters. The van der Waals surface area contributed by atoms with Crippen LogP contribution in [0.3, 0.4) is 0 Å². The van der Waals surface area contributed by atoms with Crippen molar-refractivity contribution < 1.29 is 14.0 Å². The molecule has 1 saturated heterocycles. The minimum absolute atomic E-state index is 0.129. The van der Waals surface area contributed by atoms with Gasteiger partial charge in [0.05, 0.1) is 5.60 Å². The molecule has 5 heteroatoms. The molecule has 3 rings (SSSR count). The maximum absolute atomic E-state index is 6.45. The molecule has 0 spiro atoms. The Kier molecular flexibility index (Phi) is 5.19. The second kappa shape index (κ2) is 7.18. The normalized spacial score (nSPS) is 20.0. The third kappa shape index (κ3) is 4.32. The lowest BCUT2D eigenvalue weighted by Crippen LogP contribution is -2.52. The zero-order valence-electron chi connectivity index (χ0n) is 14.3. The minimum Gasteiger partial charge on any atom is -0.489 e. The van der Waals surface area contributed by atoms with E-state index in [1.165, 1.54) is 0 Å². The van der Waals surface area contributed by atoms with Crippen LogP contribution >= 0.6 is 11.6 Å². The molecule has 3 nitrogen and oxygen atoms in total. The molecule has 1 fully saturated rings. The van der Waals surface area contributed by atoms with Gasteiger partial charge in [0.15, 0.2) is 0 Å². The Labute approximate surface area is 149 Å². The summed E-state index contributed by atoms with van der Waals surface area (Å²) in [4.78, 5) is 0. The van der Waals surface area contributed by atoms with Crippen LogP contribution in [0.2, 0.25) is 5.02 Å². The summed E-state index contributed by atoms with van der Waals surface area (Å²) in [5.41, 5.74) is 1.73. The van der Waals surface area contributed by atoms with Crippen LogP contribution in [0, 0.1) is 0 Å². The molecule has 0 aliphatic carbocycles. The Morgan fingerprint density at radius 2 is 1.96 bits per heavy atom. The molecule has 1 aliphatic heterocycles. The lowest BCUT2D eigenvalue weighted by atomic mass is 9.75. The van der Waals surface area contributed by atoms with Crippen molar-refractivity contribution in [2.75, 3.05) is 0 Å². The van der Waals surface area contributed by atoms with Gasteiger partial charge in [-0.3, -0.25) is 0 Å². The van der Waals surface area contributed by atoms with E-state index in [-0.39, 0.29) is 11.7 Å². The molecule has 0 amide bonds. The first-order chi connectivity index (χ1) is 11.4. The number of halogens is 1. The Bertz CT molecular complexity index is 690. The summed E-state index contributed by atoms with van der Waals surface area (Å²) in [5, 5.41) is 0.593. The minimum atomic E-state index is -0.445. The summed E-state index contributed by atoms with van der Waals surface area (Å²) in [5.74, 6) is 0.732. The van der Waals surface area contributed by atoms with E-state index in [1.54, 1.807) is 0 Å². The van der Waals surface area contributed by atoms with Gasteiger partial charge in [0, 0.05) is 16.6 Å². The zero-order chi connectivity index (χ0) is 17.2. The quantitative estimate of drug-likeness (QED) is 0.777. The van der Waals surface area contributed by atoms with Gasteiger partial charge in [-0.05, 0) is 44.9 Å². The lowest BCUT2D eigenvalue weighted by molar-refractivity contribution is -0.0229. The molecule has 126 valence electrons. The molecular weight excluding hydrogens is 322 g/mol. The maximum Gasteiger partial charge on any atom is 0.495 e. The van der Waals surface area contributed by atoms with Crippen molar-refractivity contribution in [1.29, 1.82) is 0 Å². The number of hydrogen-bond acceptors (Lipinski definition) is 3. The van der Waals surface area contributed by atoms with Crippen molar-refractivity contribution in [3.8, 4) is 5.75 Å². The first-order valence-electron chi connectivity index (χ1n) is 8.22. The molecule has 0 saturated carbocycles. The van der Waals surface area contributed by atoms with E-state index in [0.717, 1.165) is 23.2 Å². The van der Waals surface area contributed by atoms with Gasteiger partial charge >= 0.3 is 7.12 Å². The van der Waals surface area contributed by atoms with Gasteiger partial charge in [0.25, 0.3) is 0 Å². The first-order valence-corrected chi connectivity index (χ1v) is 8.60. The average molecular weight is 345 g/mol. The van der Waals surface area contributed by atoms with Crippen LogP contribution in [0.15, 0.2) is 48.5 Å². The highest BCUT2D eigenvalue weighted by Gasteiger charge is 2.39. The van der Waals surface area contributed by atoms with Gasteiger partial charge in [0.2, 0.25) is 0 Å². The summed E-state index contributed by atoms with van der Waals surface area (Å²) < 4.78 is 17.8. The molecule has 2 aromatic rings. The average Bonchev–Trinajstić information content (AvgIpc) is 2.52. The van der Waals surface area contributed by atoms with Gasteiger partial charge in [-0.2, -0.15) is 0 Å². The summed E-state index contributed by atoms with van der Waals surface area (Å²) in [6.07, 6.45) is 0.989. The van der Waals surface area contributed by atoms with Crippen molar-refractivity contribution in [2.45, 2.75) is 45.5 Å². The van der Waals surface area contributed by atoms with Gasteiger partial charge in [0.1, 0.15) is 12.4 Å². The third-order valence-corrected chi connectivity index (χ3v) is 4.36. The Morgan fingerprint density at radius 3 is 2.62 bits per heavy atom. The predicted molar refractivity (Wildman–Crippen MR) is 97.9 cm³/mol. The van der Waals surface area contributed by atoms with Crippen LogP contribution < -0.4 is 10.2 Å². The van der Waals surface area contributed by atoms with Crippen molar-refractivity contribution in [3.63, 3.8) is 0 Å². The molecule has 24 heavy (non-hydrogen) atoms. The topological polar surface area (TPSA) is 27.7 Å². The number of ether oxygens (including phenoxy) is 1. The molecule has 2 aromatic carbocycles. The molecule has 1 atom stereocenters. The summed E-state index contributed by atoms with van der Waals surface area (Å²) in [6, 6.07) is 15.7. The van der Waals surface area contributed by atoms with Gasteiger partial charge in [-0.15, -0.1) is 0 Å². The van der Waals surface area contributed by atoms with Gasteiger partial charge < -0.3 is 14.0 Å². The molecule has 0 bridgehead atoms. The standard InChI is InChI=1S/C19H22BClO3/c1-14-12-19(2,3)24-20(23-14)17-10-9-16(11-18(17)21)22-13-15-7-5-4-6-8-15/h4-11,14H,12-13H2,1-3H3. The smallest absolute Gasteiger partial charge is 0.489 e. The number of rotatable bonds is 4. The molecular formula is C19H22BClO3. The van der Waals surface area contributed by atoms with Crippen LogP contribution in [0.1, 0.15) is 32.8 Å². The Hall–Kier alpha value is -1.49. The summed E-state index contributed by atoms with van der Waals surface area (Å²) in [6.45, 7) is 6.72. The van der Waals surface area contributed by atoms with Gasteiger partial charge in [-0.25, -0.2) is 0 Å². The summed E-state index contributed by atoms with van der Waals surface area (Å²) in [7, 11) is -0.445. The fourth-order valence-corrected chi connectivity index (χ4v) is 3.24. The maximum atomic E-state index is 6.45. The van der Waals surface area contributed by atoms with E-state index in [1.807, 2.05) is 48.5 Å². The fourth-order valence-electron chi connectivity index (χ4n) is 2.98. The SMILES string of the molecule is CC1CC(C)(C)OB(c2ccc(OCc3ccccc3)cc2Cl)O1. The van der Waals surface area contributed by atoms with E-state index in [2.05, 4.69) is 20.8 Å². The zero-order valence-corrected chi connectivity index (χ0v) is 15.0. The van der Waals surface area contributed by atoms with Crippen LogP contribution in [0.4, 0.5) is 0 Å². The monoisotopic (exact) mass is 344 g/mol. The molecule has 1 heterocycles. The number of benzene rings is 2. The van der Waals surface area contributed by atoms with Crippen LogP contribution in [0.25, 0.3) is 0 Å². The van der Waals surface area contributed by atoms with E-state index < -0.39 is 7.12 Å². The van der Waals surface area contributed by atoms with Crippen molar-refractivity contribution in [3.05, 3.63) is 59.1 Å². The Balaban J connectivity index is 1.70. The molecule has 0 aromatic heterocycles. The van der Waals surface area contributed by atoms with E-state index in [9.17, 15) is 0 Å². The third-order valence-electron chi connectivity index (χ3n) is 4.04. The number of hydrogen-bond donors (Lipinski definition) is 0. The van der Waals surface area contributed by atoms with E-state index in [4.69, 9.17) is 25.6 Å². The summed E-state index contributed by atoms with van der Waals surface area (Å²) >= 11 is 6.45. The van der Waals surface area contributed by atoms with Crippen LogP contribution in [0.5, 0.6) is 5.75 Å². The largest absolute Gasteiger partial charge is 0.495 e. The van der Waals surface area contributed by atoms with Crippen LogP contribution in [-0.4, -0.2) is 18.8 Å². The van der Waals surface area contributed by atoms with E-state index >= 15 is 0 Å². The predicted octanol–water partition coefficient (Wildman–Crippen LogP) is 4.22. The van der Waals surface area contributed by atoms with Crippen molar-refractivity contribution >= 4 is 24.2 Å². The Morgan fingerprint density at radius 1 is 1.21 bits per heavy atom. The van der Waals surface area contributed by atoms with Crippen molar-refractivity contribution in [2.24, 2.45) is 0 Å². The lowest BCUT2D eigenvalue weighted by Gasteiger charge is -2.38.